The lowest BCUT2D eigenvalue weighted by atomic mass is 10.2. The largest absolute Gasteiger partial charge is 0.370 e. The van der Waals surface area contributed by atoms with E-state index in [4.69, 9.17) is 11.6 Å². The van der Waals surface area contributed by atoms with Crippen molar-refractivity contribution in [1.82, 2.24) is 15.0 Å². The molecular formula is C19H18ClFN4O. The molecule has 7 heteroatoms. The van der Waals surface area contributed by atoms with Gasteiger partial charge in [-0.3, -0.25) is 4.79 Å². The number of hydrogen-bond acceptors (Lipinski definition) is 4. The summed E-state index contributed by atoms with van der Waals surface area (Å²) in [5.41, 5.74) is 2.24. The van der Waals surface area contributed by atoms with E-state index in [-0.39, 0.29) is 10.6 Å². The van der Waals surface area contributed by atoms with Crippen LogP contribution >= 0.6 is 11.6 Å². The van der Waals surface area contributed by atoms with Crippen LogP contribution in [0.5, 0.6) is 0 Å². The van der Waals surface area contributed by atoms with Crippen molar-refractivity contribution in [2.24, 2.45) is 0 Å². The second-order valence-electron chi connectivity index (χ2n) is 5.79. The molecule has 0 saturated heterocycles. The quantitative estimate of drug-likeness (QED) is 0.689. The molecule has 1 aromatic carbocycles. The Labute approximate surface area is 155 Å². The molecule has 0 saturated carbocycles. The summed E-state index contributed by atoms with van der Waals surface area (Å²) in [5, 5.41) is 3.31. The predicted octanol–water partition coefficient (Wildman–Crippen LogP) is 3.84. The minimum Gasteiger partial charge on any atom is -0.370 e. The minimum absolute atomic E-state index is 0.0663. The zero-order chi connectivity index (χ0) is 18.5. The molecule has 0 aliphatic rings. The number of aromatic amines is 1. The van der Waals surface area contributed by atoms with Crippen molar-refractivity contribution in [2.45, 2.75) is 19.8 Å². The number of aryl methyl sites for hydroxylation is 1. The number of benzene rings is 1. The van der Waals surface area contributed by atoms with Gasteiger partial charge in [-0.05, 0) is 42.7 Å². The number of rotatable bonds is 6. The van der Waals surface area contributed by atoms with Gasteiger partial charge in [-0.2, -0.15) is 0 Å². The van der Waals surface area contributed by atoms with E-state index < -0.39 is 5.82 Å². The number of nitrogens with zero attached hydrogens (tertiary/aromatic N) is 2. The van der Waals surface area contributed by atoms with Crippen LogP contribution in [0.3, 0.4) is 0 Å². The Morgan fingerprint density at radius 1 is 1.19 bits per heavy atom. The van der Waals surface area contributed by atoms with Gasteiger partial charge in [0.2, 0.25) is 5.56 Å². The summed E-state index contributed by atoms with van der Waals surface area (Å²) in [6, 6.07) is 9.82. The van der Waals surface area contributed by atoms with Crippen molar-refractivity contribution in [2.75, 3.05) is 11.9 Å². The van der Waals surface area contributed by atoms with E-state index in [0.29, 0.717) is 30.2 Å². The van der Waals surface area contributed by atoms with E-state index in [1.54, 1.807) is 18.3 Å². The van der Waals surface area contributed by atoms with Crippen molar-refractivity contribution >= 4 is 17.4 Å². The molecule has 2 heterocycles. The summed E-state index contributed by atoms with van der Waals surface area (Å²) < 4.78 is 13.7. The molecule has 3 aromatic rings. The first-order valence-corrected chi connectivity index (χ1v) is 8.68. The SMILES string of the molecule is CCc1cc(NCCc2cc[nH]c(=O)c2)nc(-c2ccc(Cl)c(F)c2)n1. The van der Waals surface area contributed by atoms with Gasteiger partial charge in [0.25, 0.3) is 0 Å². The van der Waals surface area contributed by atoms with Crippen molar-refractivity contribution in [3.63, 3.8) is 0 Å². The van der Waals surface area contributed by atoms with Gasteiger partial charge < -0.3 is 10.3 Å². The highest BCUT2D eigenvalue weighted by molar-refractivity contribution is 6.30. The maximum atomic E-state index is 13.7. The van der Waals surface area contributed by atoms with Crippen LogP contribution in [0.25, 0.3) is 11.4 Å². The fourth-order valence-corrected chi connectivity index (χ4v) is 2.63. The van der Waals surface area contributed by atoms with Gasteiger partial charge in [0.05, 0.1) is 5.02 Å². The first kappa shape index (κ1) is 18.1. The molecule has 0 aliphatic heterocycles. The standard InChI is InChI=1S/C19H18ClFN4O/c1-2-14-11-17(22-7-5-12-6-8-23-18(26)9-12)25-19(24-14)13-3-4-15(20)16(21)10-13/h3-4,6,8-11H,2,5,7H2,1H3,(H,23,26)(H,22,24,25). The number of nitrogens with one attached hydrogen (secondary N) is 2. The fourth-order valence-electron chi connectivity index (χ4n) is 2.51. The molecule has 0 unspecified atom stereocenters. The van der Waals surface area contributed by atoms with Gasteiger partial charge in [0.15, 0.2) is 5.82 Å². The van der Waals surface area contributed by atoms with E-state index in [1.165, 1.54) is 12.1 Å². The molecule has 2 N–H and O–H groups in total. The predicted molar refractivity (Wildman–Crippen MR) is 101 cm³/mol. The van der Waals surface area contributed by atoms with Gasteiger partial charge in [-0.1, -0.05) is 18.5 Å². The maximum absolute atomic E-state index is 13.7. The smallest absolute Gasteiger partial charge is 0.248 e. The molecule has 0 amide bonds. The van der Waals surface area contributed by atoms with Crippen LogP contribution in [0.4, 0.5) is 10.2 Å². The molecule has 5 nitrogen and oxygen atoms in total. The number of pyridine rings is 1. The number of anilines is 1. The van der Waals surface area contributed by atoms with Crippen LogP contribution in [0.2, 0.25) is 5.02 Å². The third kappa shape index (κ3) is 4.46. The van der Waals surface area contributed by atoms with Crippen molar-refractivity contribution < 1.29 is 4.39 Å². The summed E-state index contributed by atoms with van der Waals surface area (Å²) in [6.07, 6.45) is 3.04. The summed E-state index contributed by atoms with van der Waals surface area (Å²) in [4.78, 5) is 22.9. The number of aromatic nitrogens is 3. The van der Waals surface area contributed by atoms with Crippen molar-refractivity contribution in [1.29, 1.82) is 0 Å². The zero-order valence-electron chi connectivity index (χ0n) is 14.2. The number of hydrogen-bond donors (Lipinski definition) is 2. The normalized spacial score (nSPS) is 10.7. The van der Waals surface area contributed by atoms with E-state index in [2.05, 4.69) is 20.3 Å². The van der Waals surface area contributed by atoms with Gasteiger partial charge in [0.1, 0.15) is 11.6 Å². The molecule has 0 aliphatic carbocycles. The maximum Gasteiger partial charge on any atom is 0.248 e. The highest BCUT2D eigenvalue weighted by atomic mass is 35.5. The second-order valence-corrected chi connectivity index (χ2v) is 6.20. The van der Waals surface area contributed by atoms with Gasteiger partial charge in [-0.25, -0.2) is 14.4 Å². The van der Waals surface area contributed by atoms with E-state index in [0.717, 1.165) is 17.7 Å². The van der Waals surface area contributed by atoms with Crippen LogP contribution in [-0.2, 0) is 12.8 Å². The zero-order valence-corrected chi connectivity index (χ0v) is 15.0. The van der Waals surface area contributed by atoms with Gasteiger partial charge in [-0.15, -0.1) is 0 Å². The molecule has 0 atom stereocenters. The van der Waals surface area contributed by atoms with Crippen LogP contribution in [-0.4, -0.2) is 21.5 Å². The topological polar surface area (TPSA) is 70.7 Å². The molecule has 0 bridgehead atoms. The molecule has 26 heavy (non-hydrogen) atoms. The Hall–Kier alpha value is -2.73. The third-order valence-electron chi connectivity index (χ3n) is 3.88. The second kappa shape index (κ2) is 8.10. The first-order chi connectivity index (χ1) is 12.5. The number of H-pyrrole nitrogens is 1. The Bertz CT molecular complexity index is 974. The molecule has 0 radical (unpaired) electrons. The van der Waals surface area contributed by atoms with Crippen molar-refractivity contribution in [3.05, 3.63) is 75.0 Å². The lowest BCUT2D eigenvalue weighted by Crippen LogP contribution is -2.10. The lowest BCUT2D eigenvalue weighted by molar-refractivity contribution is 0.628. The molecule has 3 rings (SSSR count). The average molecular weight is 373 g/mol. The molecular weight excluding hydrogens is 355 g/mol. The highest BCUT2D eigenvalue weighted by Gasteiger charge is 2.09. The van der Waals surface area contributed by atoms with Gasteiger partial charge >= 0.3 is 0 Å². The van der Waals surface area contributed by atoms with Gasteiger partial charge in [0, 0.05) is 36.1 Å². The Kier molecular flexibility index (Phi) is 5.63. The summed E-state index contributed by atoms with van der Waals surface area (Å²) >= 11 is 5.74. The van der Waals surface area contributed by atoms with Crippen LogP contribution < -0.4 is 10.9 Å². The van der Waals surface area contributed by atoms with Crippen LogP contribution in [0, 0.1) is 5.82 Å². The van der Waals surface area contributed by atoms with E-state index in [9.17, 15) is 9.18 Å². The highest BCUT2D eigenvalue weighted by Crippen LogP contribution is 2.23. The minimum atomic E-state index is -0.501. The molecule has 2 aromatic heterocycles. The third-order valence-corrected chi connectivity index (χ3v) is 4.19. The van der Waals surface area contributed by atoms with Crippen molar-refractivity contribution in [3.8, 4) is 11.4 Å². The Morgan fingerprint density at radius 2 is 2.04 bits per heavy atom. The van der Waals surface area contributed by atoms with Crippen LogP contribution in [0.15, 0.2) is 47.4 Å². The average Bonchev–Trinajstić information content (AvgIpc) is 2.64. The number of halogens is 2. The Balaban J connectivity index is 1.78. The Morgan fingerprint density at radius 3 is 2.77 bits per heavy atom. The van der Waals surface area contributed by atoms with E-state index >= 15 is 0 Å². The lowest BCUT2D eigenvalue weighted by Gasteiger charge is -2.10. The molecule has 134 valence electrons. The molecule has 0 spiro atoms. The summed E-state index contributed by atoms with van der Waals surface area (Å²) in [6.45, 7) is 2.60. The fraction of sp³-hybridized carbons (Fsp3) is 0.211. The monoisotopic (exact) mass is 372 g/mol. The summed E-state index contributed by atoms with van der Waals surface area (Å²) in [7, 11) is 0. The molecule has 0 fully saturated rings. The first-order valence-electron chi connectivity index (χ1n) is 8.30. The van der Waals surface area contributed by atoms with Crippen LogP contribution in [0.1, 0.15) is 18.2 Å². The summed E-state index contributed by atoms with van der Waals surface area (Å²) in [5.74, 6) is 0.601. The van der Waals surface area contributed by atoms with E-state index in [1.807, 2.05) is 19.1 Å².